The van der Waals surface area contributed by atoms with Gasteiger partial charge in [0.15, 0.2) is 0 Å². The molecule has 1 aliphatic heterocycles. The molecular weight excluding hydrogens is 230 g/mol. The van der Waals surface area contributed by atoms with Crippen molar-refractivity contribution in [3.63, 3.8) is 0 Å². The highest BCUT2D eigenvalue weighted by molar-refractivity contribution is 7.80. The van der Waals surface area contributed by atoms with E-state index in [-0.39, 0.29) is 0 Å². The predicted molar refractivity (Wildman–Crippen MR) is 76.6 cm³/mol. The molecule has 1 unspecified atom stereocenters. The van der Waals surface area contributed by atoms with E-state index >= 15 is 0 Å². The Morgan fingerprint density at radius 3 is 2.88 bits per heavy atom. The first kappa shape index (κ1) is 12.3. The van der Waals surface area contributed by atoms with Crippen LogP contribution in [-0.4, -0.2) is 36.1 Å². The lowest BCUT2D eigenvalue weighted by molar-refractivity contribution is 0.414. The molecule has 17 heavy (non-hydrogen) atoms. The fourth-order valence-electron chi connectivity index (χ4n) is 2.32. The van der Waals surface area contributed by atoms with Crippen molar-refractivity contribution in [1.29, 1.82) is 0 Å². The maximum Gasteiger partial charge on any atom is 0.106 e. The Morgan fingerprint density at radius 1 is 1.53 bits per heavy atom. The van der Waals surface area contributed by atoms with E-state index in [1.807, 2.05) is 12.1 Å². The number of likely N-dealkylation sites (tertiary alicyclic amines) is 1. The van der Waals surface area contributed by atoms with Crippen molar-refractivity contribution >= 4 is 22.9 Å². The Bertz CT molecular complexity index is 431. The lowest BCUT2D eigenvalue weighted by Gasteiger charge is -2.19. The maximum absolute atomic E-state index is 5.77. The van der Waals surface area contributed by atoms with Crippen LogP contribution in [0.3, 0.4) is 0 Å². The third-order valence-electron chi connectivity index (χ3n) is 3.28. The maximum atomic E-state index is 5.77. The number of thiocarbonyl (C=S) groups is 1. The van der Waals surface area contributed by atoms with Gasteiger partial charge in [-0.1, -0.05) is 24.4 Å². The normalized spacial score (nSPS) is 20.5. The Balaban J connectivity index is 2.22. The lowest BCUT2D eigenvalue weighted by atomic mass is 10.1. The van der Waals surface area contributed by atoms with Crippen molar-refractivity contribution in [3.8, 4) is 0 Å². The molecule has 1 fully saturated rings. The molecule has 3 nitrogen and oxygen atoms in total. The average Bonchev–Trinajstić information content (AvgIpc) is 2.67. The second-order valence-electron chi connectivity index (χ2n) is 4.75. The number of aryl methyl sites for hydroxylation is 1. The minimum atomic E-state index is 0.461. The highest BCUT2D eigenvalue weighted by Gasteiger charge is 2.20. The number of benzene rings is 1. The second kappa shape index (κ2) is 5.02. The third-order valence-corrected chi connectivity index (χ3v) is 3.50. The Morgan fingerprint density at radius 2 is 2.29 bits per heavy atom. The number of rotatable bonds is 3. The van der Waals surface area contributed by atoms with Gasteiger partial charge in [0.2, 0.25) is 0 Å². The summed E-state index contributed by atoms with van der Waals surface area (Å²) in [7, 11) is 2.15. The number of likely N-dealkylation sites (N-methyl/N-ethyl adjacent to an activating group) is 1. The monoisotopic (exact) mass is 249 g/mol. The van der Waals surface area contributed by atoms with E-state index in [4.69, 9.17) is 18.0 Å². The number of nitrogens with two attached hydrogens (primary N) is 1. The summed E-state index contributed by atoms with van der Waals surface area (Å²) in [6, 6.07) is 6.56. The zero-order valence-electron chi connectivity index (χ0n) is 10.4. The van der Waals surface area contributed by atoms with E-state index in [1.54, 1.807) is 0 Å². The highest BCUT2D eigenvalue weighted by Crippen LogP contribution is 2.23. The van der Waals surface area contributed by atoms with Crippen LogP contribution in [0.2, 0.25) is 0 Å². The molecule has 3 N–H and O–H groups in total. The van der Waals surface area contributed by atoms with Crippen molar-refractivity contribution < 1.29 is 0 Å². The number of nitrogens with one attached hydrogen (secondary N) is 1. The minimum absolute atomic E-state index is 0.461. The molecule has 1 atom stereocenters. The molecule has 0 amide bonds. The zero-order valence-corrected chi connectivity index (χ0v) is 11.2. The van der Waals surface area contributed by atoms with Crippen molar-refractivity contribution in [1.82, 2.24) is 4.90 Å². The first-order chi connectivity index (χ1) is 8.08. The standard InChI is InChI=1S/C13H19N3S/c1-9-4-3-5-11(13(14)17)12(9)15-10-6-7-16(2)8-10/h3-5,10,15H,6-8H2,1-2H3,(H2,14,17). The van der Waals surface area contributed by atoms with Crippen LogP contribution >= 0.6 is 12.2 Å². The van der Waals surface area contributed by atoms with Crippen LogP contribution < -0.4 is 11.1 Å². The molecule has 1 aliphatic rings. The van der Waals surface area contributed by atoms with Crippen LogP contribution in [0.25, 0.3) is 0 Å². The summed E-state index contributed by atoms with van der Waals surface area (Å²) >= 11 is 5.10. The first-order valence-corrected chi connectivity index (χ1v) is 6.33. The molecule has 0 saturated carbocycles. The SMILES string of the molecule is Cc1cccc(C(N)=S)c1NC1CCN(C)C1. The van der Waals surface area contributed by atoms with Gasteiger partial charge in [-0.05, 0) is 38.6 Å². The molecular formula is C13H19N3S. The van der Waals surface area contributed by atoms with Crippen molar-refractivity contribution in [2.75, 3.05) is 25.5 Å². The van der Waals surface area contributed by atoms with E-state index in [1.165, 1.54) is 12.0 Å². The van der Waals surface area contributed by atoms with Crippen molar-refractivity contribution in [3.05, 3.63) is 29.3 Å². The van der Waals surface area contributed by atoms with Gasteiger partial charge in [0, 0.05) is 23.8 Å². The van der Waals surface area contributed by atoms with Gasteiger partial charge in [-0.2, -0.15) is 0 Å². The topological polar surface area (TPSA) is 41.3 Å². The number of para-hydroxylation sites is 1. The van der Waals surface area contributed by atoms with Crippen molar-refractivity contribution in [2.24, 2.45) is 5.73 Å². The van der Waals surface area contributed by atoms with Crippen molar-refractivity contribution in [2.45, 2.75) is 19.4 Å². The van der Waals surface area contributed by atoms with E-state index in [0.717, 1.165) is 24.3 Å². The minimum Gasteiger partial charge on any atom is -0.389 e. The predicted octanol–water partition coefficient (Wildman–Crippen LogP) is 1.75. The van der Waals surface area contributed by atoms with Gasteiger partial charge < -0.3 is 16.0 Å². The smallest absolute Gasteiger partial charge is 0.106 e. The molecule has 92 valence electrons. The molecule has 0 radical (unpaired) electrons. The second-order valence-corrected chi connectivity index (χ2v) is 5.19. The van der Waals surface area contributed by atoms with E-state index in [0.29, 0.717) is 11.0 Å². The number of hydrogen-bond donors (Lipinski definition) is 2. The van der Waals surface area contributed by atoms with E-state index in [9.17, 15) is 0 Å². The molecule has 1 aromatic rings. The summed E-state index contributed by atoms with van der Waals surface area (Å²) in [5, 5.41) is 3.58. The number of anilines is 1. The molecule has 0 aromatic heterocycles. The average molecular weight is 249 g/mol. The summed E-state index contributed by atoms with van der Waals surface area (Å²) in [4.78, 5) is 2.79. The quantitative estimate of drug-likeness (QED) is 0.801. The summed E-state index contributed by atoms with van der Waals surface area (Å²) in [6.07, 6.45) is 1.17. The summed E-state index contributed by atoms with van der Waals surface area (Å²) < 4.78 is 0. The van der Waals surface area contributed by atoms with E-state index < -0.39 is 0 Å². The van der Waals surface area contributed by atoms with Gasteiger partial charge in [0.05, 0.1) is 0 Å². The van der Waals surface area contributed by atoms with Gasteiger partial charge in [0.25, 0.3) is 0 Å². The fourth-order valence-corrected chi connectivity index (χ4v) is 2.49. The van der Waals surface area contributed by atoms with Crippen LogP contribution in [0.5, 0.6) is 0 Å². The molecule has 1 aromatic carbocycles. The molecule has 1 saturated heterocycles. The molecule has 4 heteroatoms. The van der Waals surface area contributed by atoms with Gasteiger partial charge in [0.1, 0.15) is 4.99 Å². The molecule has 1 heterocycles. The molecule has 0 spiro atoms. The number of hydrogen-bond acceptors (Lipinski definition) is 3. The highest BCUT2D eigenvalue weighted by atomic mass is 32.1. The van der Waals surface area contributed by atoms with E-state index in [2.05, 4.69) is 30.3 Å². The molecule has 2 rings (SSSR count). The van der Waals surface area contributed by atoms with Crippen LogP contribution in [0, 0.1) is 6.92 Å². The van der Waals surface area contributed by atoms with Crippen LogP contribution in [0.1, 0.15) is 17.5 Å². The van der Waals surface area contributed by atoms with Gasteiger partial charge in [-0.15, -0.1) is 0 Å². The summed E-state index contributed by atoms with van der Waals surface area (Å²) in [6.45, 7) is 4.31. The third kappa shape index (κ3) is 2.76. The lowest BCUT2D eigenvalue weighted by Crippen LogP contribution is -2.25. The Kier molecular flexibility index (Phi) is 3.64. The fraction of sp³-hybridized carbons (Fsp3) is 0.462. The first-order valence-electron chi connectivity index (χ1n) is 5.92. The molecule has 0 bridgehead atoms. The zero-order chi connectivity index (χ0) is 12.4. The van der Waals surface area contributed by atoms with Gasteiger partial charge >= 0.3 is 0 Å². The van der Waals surface area contributed by atoms with Gasteiger partial charge in [-0.25, -0.2) is 0 Å². The number of nitrogens with zero attached hydrogens (tertiary/aromatic N) is 1. The summed E-state index contributed by atoms with van der Waals surface area (Å²) in [5.41, 5.74) is 9.02. The Labute approximate surface area is 108 Å². The summed E-state index contributed by atoms with van der Waals surface area (Å²) in [5.74, 6) is 0. The van der Waals surface area contributed by atoms with Crippen LogP contribution in [0.15, 0.2) is 18.2 Å². The van der Waals surface area contributed by atoms with Gasteiger partial charge in [-0.3, -0.25) is 0 Å². The van der Waals surface area contributed by atoms with Crippen LogP contribution in [0.4, 0.5) is 5.69 Å². The Hall–Kier alpha value is -1.13. The van der Waals surface area contributed by atoms with Crippen LogP contribution in [-0.2, 0) is 0 Å². The largest absolute Gasteiger partial charge is 0.389 e. The molecule has 0 aliphatic carbocycles.